The van der Waals surface area contributed by atoms with Crippen LogP contribution in [0.15, 0.2) is 33.6 Å². The number of likely N-dealkylation sites (N-methyl/N-ethyl adjacent to an activating group) is 1. The number of likely N-dealkylation sites (tertiary alicyclic amines) is 1. The first-order chi connectivity index (χ1) is 11.4. The average Bonchev–Trinajstić information content (AvgIpc) is 3.00. The third-order valence-corrected chi connectivity index (χ3v) is 6.14. The molecule has 1 fully saturated rings. The first kappa shape index (κ1) is 19.4. The fourth-order valence-corrected chi connectivity index (χ4v) is 4.51. The lowest BCUT2D eigenvalue weighted by Crippen LogP contribution is -2.40. The number of sulfonamides is 1. The van der Waals surface area contributed by atoms with Gasteiger partial charge in [0.1, 0.15) is 0 Å². The van der Waals surface area contributed by atoms with Crippen LogP contribution in [-0.2, 0) is 14.8 Å². The smallest absolute Gasteiger partial charge is 0.240 e. The van der Waals surface area contributed by atoms with Crippen molar-refractivity contribution < 1.29 is 13.2 Å². The van der Waals surface area contributed by atoms with Crippen LogP contribution < -0.4 is 10.0 Å². The van der Waals surface area contributed by atoms with Gasteiger partial charge in [-0.1, -0.05) is 28.9 Å². The number of benzene rings is 1. The number of nitrogens with zero attached hydrogens (tertiary/aromatic N) is 1. The fourth-order valence-electron chi connectivity index (χ4n) is 2.88. The second-order valence-electron chi connectivity index (χ2n) is 5.83. The largest absolute Gasteiger partial charge is 0.354 e. The van der Waals surface area contributed by atoms with E-state index in [4.69, 9.17) is 0 Å². The van der Waals surface area contributed by atoms with Gasteiger partial charge in [0.2, 0.25) is 15.9 Å². The second-order valence-corrected chi connectivity index (χ2v) is 8.52. The van der Waals surface area contributed by atoms with Crippen molar-refractivity contribution in [3.63, 3.8) is 0 Å². The molecule has 2 N–H and O–H groups in total. The molecule has 1 aromatic carbocycles. The third-order valence-electron chi connectivity index (χ3n) is 4.19. The summed E-state index contributed by atoms with van der Waals surface area (Å²) in [5.74, 6) is -0.130. The van der Waals surface area contributed by atoms with Gasteiger partial charge in [0, 0.05) is 30.0 Å². The number of rotatable bonds is 8. The Morgan fingerprint density at radius 3 is 2.92 bits per heavy atom. The molecule has 0 radical (unpaired) electrons. The summed E-state index contributed by atoms with van der Waals surface area (Å²) in [5, 5.41) is 2.90. The van der Waals surface area contributed by atoms with Crippen molar-refractivity contribution in [2.45, 2.75) is 37.1 Å². The van der Waals surface area contributed by atoms with Crippen LogP contribution in [-0.4, -0.2) is 51.4 Å². The van der Waals surface area contributed by atoms with Gasteiger partial charge in [0.25, 0.3) is 0 Å². The highest BCUT2D eigenvalue weighted by atomic mass is 79.9. The summed E-state index contributed by atoms with van der Waals surface area (Å²) in [7, 11) is -3.59. The molecule has 0 bridgehead atoms. The van der Waals surface area contributed by atoms with Crippen molar-refractivity contribution in [1.82, 2.24) is 14.9 Å². The molecule has 1 saturated heterocycles. The van der Waals surface area contributed by atoms with Crippen molar-refractivity contribution in [3.8, 4) is 0 Å². The normalized spacial score (nSPS) is 18.7. The Morgan fingerprint density at radius 1 is 1.42 bits per heavy atom. The van der Waals surface area contributed by atoms with Crippen LogP contribution in [0, 0.1) is 0 Å². The maximum Gasteiger partial charge on any atom is 0.240 e. The van der Waals surface area contributed by atoms with Gasteiger partial charge < -0.3 is 5.32 Å². The molecule has 0 aliphatic carbocycles. The summed E-state index contributed by atoms with van der Waals surface area (Å²) in [5.41, 5.74) is 0. The minimum Gasteiger partial charge on any atom is -0.354 e. The quantitative estimate of drug-likeness (QED) is 0.674. The van der Waals surface area contributed by atoms with Crippen LogP contribution in [0.25, 0.3) is 0 Å². The molecule has 0 spiro atoms. The summed E-state index contributed by atoms with van der Waals surface area (Å²) in [4.78, 5) is 14.4. The van der Waals surface area contributed by atoms with Gasteiger partial charge in [0.05, 0.1) is 4.90 Å². The predicted molar refractivity (Wildman–Crippen MR) is 97.2 cm³/mol. The summed E-state index contributed by atoms with van der Waals surface area (Å²) < 4.78 is 27.4. The van der Waals surface area contributed by atoms with Gasteiger partial charge in [-0.3, -0.25) is 9.69 Å². The van der Waals surface area contributed by atoms with E-state index in [1.54, 1.807) is 12.1 Å². The van der Waals surface area contributed by atoms with Crippen molar-refractivity contribution in [2.75, 3.05) is 26.2 Å². The Morgan fingerprint density at radius 2 is 2.21 bits per heavy atom. The molecule has 2 rings (SSSR count). The van der Waals surface area contributed by atoms with Gasteiger partial charge in [-0.2, -0.15) is 0 Å². The fraction of sp³-hybridized carbons (Fsp3) is 0.562. The van der Waals surface area contributed by atoms with E-state index in [9.17, 15) is 13.2 Å². The summed E-state index contributed by atoms with van der Waals surface area (Å²) in [6, 6.07) is 6.87. The van der Waals surface area contributed by atoms with Crippen molar-refractivity contribution >= 4 is 31.9 Å². The highest BCUT2D eigenvalue weighted by Gasteiger charge is 2.23. The highest BCUT2D eigenvalue weighted by Crippen LogP contribution is 2.16. The Balaban J connectivity index is 1.74. The Bertz CT molecular complexity index is 666. The van der Waals surface area contributed by atoms with Gasteiger partial charge in [-0.05, 0) is 44.1 Å². The van der Waals surface area contributed by atoms with Gasteiger partial charge in [-0.25, -0.2) is 13.1 Å². The molecule has 0 saturated carbocycles. The van der Waals surface area contributed by atoms with Crippen LogP contribution in [0.2, 0.25) is 0 Å². The van der Waals surface area contributed by atoms with Crippen LogP contribution in [0.3, 0.4) is 0 Å². The van der Waals surface area contributed by atoms with E-state index in [1.807, 2.05) is 0 Å². The number of nitrogens with one attached hydrogen (secondary N) is 2. The van der Waals surface area contributed by atoms with Gasteiger partial charge in [0.15, 0.2) is 0 Å². The zero-order valence-corrected chi connectivity index (χ0v) is 16.2. The lowest BCUT2D eigenvalue weighted by Gasteiger charge is -2.22. The van der Waals surface area contributed by atoms with Gasteiger partial charge in [-0.15, -0.1) is 0 Å². The molecule has 6 nitrogen and oxygen atoms in total. The topological polar surface area (TPSA) is 78.5 Å². The molecule has 134 valence electrons. The number of hydrogen-bond donors (Lipinski definition) is 2. The van der Waals surface area contributed by atoms with Crippen LogP contribution >= 0.6 is 15.9 Å². The maximum absolute atomic E-state index is 12.1. The van der Waals surface area contributed by atoms with E-state index in [0.717, 1.165) is 19.5 Å². The van der Waals surface area contributed by atoms with E-state index < -0.39 is 10.0 Å². The lowest BCUT2D eigenvalue weighted by molar-refractivity contribution is -0.121. The Labute approximate surface area is 152 Å². The van der Waals surface area contributed by atoms with Gasteiger partial charge >= 0.3 is 0 Å². The summed E-state index contributed by atoms with van der Waals surface area (Å²) in [6.07, 6.45) is 2.40. The Hall–Kier alpha value is -0.960. The first-order valence-corrected chi connectivity index (χ1v) is 10.5. The zero-order chi connectivity index (χ0) is 17.6. The second kappa shape index (κ2) is 8.94. The van der Waals surface area contributed by atoms with Crippen LogP contribution in [0.5, 0.6) is 0 Å². The number of carbonyl (C=O) groups excluding carboxylic acids is 1. The number of carbonyl (C=O) groups is 1. The molecule has 0 aromatic heterocycles. The van der Waals surface area contributed by atoms with Crippen LogP contribution in [0.1, 0.15) is 26.2 Å². The highest BCUT2D eigenvalue weighted by molar-refractivity contribution is 9.10. The molecule has 1 amide bonds. The SMILES string of the molecule is CCN1CCCC1CNC(=O)CCNS(=O)(=O)c1cccc(Br)c1. The number of halogens is 1. The minimum atomic E-state index is -3.59. The van der Waals surface area contributed by atoms with E-state index in [1.165, 1.54) is 18.6 Å². The lowest BCUT2D eigenvalue weighted by atomic mass is 10.2. The van der Waals surface area contributed by atoms with Crippen molar-refractivity contribution in [1.29, 1.82) is 0 Å². The molecule has 24 heavy (non-hydrogen) atoms. The standard InChI is InChI=1S/C16H24BrN3O3S/c1-2-20-10-4-6-14(20)12-18-16(21)8-9-19-24(22,23)15-7-3-5-13(17)11-15/h3,5,7,11,14,19H,2,4,6,8-10,12H2,1H3,(H,18,21). The predicted octanol–water partition coefficient (Wildman–Crippen LogP) is 1.72. The van der Waals surface area contributed by atoms with E-state index in [0.29, 0.717) is 17.1 Å². The molecule has 1 atom stereocenters. The molecule has 1 unspecified atom stereocenters. The van der Waals surface area contributed by atoms with Crippen molar-refractivity contribution in [3.05, 3.63) is 28.7 Å². The minimum absolute atomic E-state index is 0.0861. The van der Waals surface area contributed by atoms with E-state index in [-0.39, 0.29) is 23.8 Å². The van der Waals surface area contributed by atoms with E-state index >= 15 is 0 Å². The number of hydrogen-bond acceptors (Lipinski definition) is 4. The Kier molecular flexibility index (Phi) is 7.21. The molecule has 1 aromatic rings. The molecule has 1 aliphatic rings. The first-order valence-electron chi connectivity index (χ1n) is 8.18. The average molecular weight is 418 g/mol. The molecule has 1 heterocycles. The molecular weight excluding hydrogens is 394 g/mol. The zero-order valence-electron chi connectivity index (χ0n) is 13.8. The molecule has 1 aliphatic heterocycles. The van der Waals surface area contributed by atoms with Crippen molar-refractivity contribution in [2.24, 2.45) is 0 Å². The maximum atomic E-state index is 12.1. The monoisotopic (exact) mass is 417 g/mol. The summed E-state index contributed by atoms with van der Waals surface area (Å²) >= 11 is 3.25. The summed E-state index contributed by atoms with van der Waals surface area (Å²) in [6.45, 7) is 4.92. The number of amides is 1. The molecular formula is C16H24BrN3O3S. The molecule has 8 heteroatoms. The third kappa shape index (κ3) is 5.54. The van der Waals surface area contributed by atoms with Crippen LogP contribution in [0.4, 0.5) is 0 Å². The van der Waals surface area contributed by atoms with E-state index in [2.05, 4.69) is 37.8 Å².